The van der Waals surface area contributed by atoms with Crippen LogP contribution in [0.3, 0.4) is 0 Å². The Hall–Kier alpha value is -4.09. The normalized spacial score (nSPS) is 15.2. The number of nitrogens with zero attached hydrogens (tertiary/aromatic N) is 1. The van der Waals surface area contributed by atoms with Crippen molar-refractivity contribution in [1.29, 1.82) is 0 Å². The van der Waals surface area contributed by atoms with Crippen molar-refractivity contribution < 1.29 is 13.9 Å². The van der Waals surface area contributed by atoms with Gasteiger partial charge in [-0.3, -0.25) is 9.69 Å². The Kier molecular flexibility index (Phi) is 7.29. The van der Waals surface area contributed by atoms with E-state index >= 15 is 0 Å². The van der Waals surface area contributed by atoms with Gasteiger partial charge in [-0.2, -0.15) is 0 Å². The molecule has 0 radical (unpaired) electrons. The van der Waals surface area contributed by atoms with E-state index in [1.54, 1.807) is 18.2 Å². The van der Waals surface area contributed by atoms with Gasteiger partial charge in [-0.05, 0) is 52.9 Å². The lowest BCUT2D eigenvalue weighted by Gasteiger charge is -2.38. The largest absolute Gasteiger partial charge is 0.486 e. The molecule has 1 atom stereocenters. The molecule has 0 fully saturated rings. The number of fused-ring (bicyclic) bond motifs is 1. The number of hydrogen-bond donors (Lipinski definition) is 1. The van der Waals surface area contributed by atoms with Crippen LogP contribution in [0, 0.1) is 0 Å². The van der Waals surface area contributed by atoms with E-state index in [2.05, 4.69) is 89.6 Å². The average Bonchev–Trinajstić information content (AvgIpc) is 3.41. The highest BCUT2D eigenvalue weighted by Gasteiger charge is 2.29. The molecule has 1 amide bonds. The molecule has 5 nitrogen and oxygen atoms in total. The van der Waals surface area contributed by atoms with Gasteiger partial charge in [-0.15, -0.1) is 6.58 Å². The molecule has 0 bridgehead atoms. The molecule has 0 saturated heterocycles. The first-order chi connectivity index (χ1) is 17.7. The van der Waals surface area contributed by atoms with Crippen LogP contribution in [0.4, 0.5) is 0 Å². The molecule has 3 aromatic carbocycles. The van der Waals surface area contributed by atoms with Crippen molar-refractivity contribution in [3.63, 3.8) is 0 Å². The van der Waals surface area contributed by atoms with Gasteiger partial charge in [0.2, 0.25) is 0 Å². The first kappa shape index (κ1) is 23.6. The molecule has 0 aliphatic carbocycles. The van der Waals surface area contributed by atoms with Gasteiger partial charge in [0.05, 0.1) is 6.04 Å². The van der Waals surface area contributed by atoms with E-state index in [0.717, 1.165) is 25.3 Å². The fourth-order valence-corrected chi connectivity index (χ4v) is 4.73. The Bertz CT molecular complexity index is 1310. The number of ether oxygens (including phenoxy) is 1. The Labute approximate surface area is 212 Å². The summed E-state index contributed by atoms with van der Waals surface area (Å²) in [5, 5.41) is 2.72. The summed E-state index contributed by atoms with van der Waals surface area (Å²) in [4.78, 5) is 14.6. The lowest BCUT2D eigenvalue weighted by molar-refractivity contribution is 0.0926. The second-order valence-corrected chi connectivity index (χ2v) is 8.93. The van der Waals surface area contributed by atoms with Crippen LogP contribution in [0.15, 0.2) is 108 Å². The van der Waals surface area contributed by atoms with Gasteiger partial charge in [0.25, 0.3) is 5.91 Å². The van der Waals surface area contributed by atoms with Gasteiger partial charge in [0.15, 0.2) is 5.76 Å². The summed E-state index contributed by atoms with van der Waals surface area (Å²) in [5.74, 6) is 1.38. The number of hydrogen-bond acceptors (Lipinski definition) is 4. The van der Waals surface area contributed by atoms with Gasteiger partial charge in [-0.1, -0.05) is 72.8 Å². The summed E-state index contributed by atoms with van der Waals surface area (Å²) in [6.45, 7) is 6.12. The smallest absolute Gasteiger partial charge is 0.287 e. The number of benzene rings is 3. The van der Waals surface area contributed by atoms with Crippen LogP contribution in [0.25, 0.3) is 0 Å². The number of carbonyl (C=O) groups is 1. The summed E-state index contributed by atoms with van der Waals surface area (Å²) in [6.07, 6.45) is 2.62. The fourth-order valence-electron chi connectivity index (χ4n) is 4.73. The number of rotatable bonds is 9. The minimum absolute atomic E-state index is 0.141. The molecule has 1 N–H and O–H groups in total. The van der Waals surface area contributed by atoms with E-state index in [-0.39, 0.29) is 24.3 Å². The molecule has 1 aliphatic heterocycles. The summed E-state index contributed by atoms with van der Waals surface area (Å²) in [7, 11) is 0. The topological polar surface area (TPSA) is 54.7 Å². The first-order valence-electron chi connectivity index (χ1n) is 12.3. The Morgan fingerprint density at radius 1 is 1.03 bits per heavy atom. The van der Waals surface area contributed by atoms with Crippen molar-refractivity contribution in [3.8, 4) is 5.75 Å². The van der Waals surface area contributed by atoms with Crippen molar-refractivity contribution in [2.45, 2.75) is 25.6 Å². The van der Waals surface area contributed by atoms with Crippen molar-refractivity contribution >= 4 is 5.91 Å². The maximum Gasteiger partial charge on any atom is 0.287 e. The summed E-state index contributed by atoms with van der Waals surface area (Å²) < 4.78 is 11.8. The fraction of sp³-hybridized carbons (Fsp3) is 0.194. The quantitative estimate of drug-likeness (QED) is 0.303. The maximum absolute atomic E-state index is 12.1. The molecule has 36 heavy (non-hydrogen) atoms. The lowest BCUT2D eigenvalue weighted by Crippen LogP contribution is -2.35. The van der Waals surface area contributed by atoms with Crippen LogP contribution < -0.4 is 10.1 Å². The van der Waals surface area contributed by atoms with Crippen LogP contribution in [0.5, 0.6) is 5.75 Å². The van der Waals surface area contributed by atoms with E-state index in [4.69, 9.17) is 9.15 Å². The molecule has 5 rings (SSSR count). The minimum Gasteiger partial charge on any atom is -0.486 e. The zero-order valence-electron chi connectivity index (χ0n) is 20.2. The number of amides is 1. The molecular weight excluding hydrogens is 448 g/mol. The standard InChI is InChI=1S/C31H30N2O3/c1-2-18-32-31(34)29-16-15-27(36-29)22-35-26-14-13-24-17-19-33(21-23-9-5-3-6-10-23)30(28(24)20-26)25-11-7-4-8-12-25/h2-16,20,30H,1,17-19,21-22H2,(H,32,34). The predicted octanol–water partition coefficient (Wildman–Crippen LogP) is 5.92. The van der Waals surface area contributed by atoms with E-state index < -0.39 is 0 Å². The van der Waals surface area contributed by atoms with E-state index in [0.29, 0.717) is 12.3 Å². The van der Waals surface area contributed by atoms with Crippen LogP contribution in [0.2, 0.25) is 0 Å². The molecule has 0 spiro atoms. The highest BCUT2D eigenvalue weighted by molar-refractivity contribution is 5.91. The Balaban J connectivity index is 1.36. The third kappa shape index (κ3) is 5.42. The number of carbonyl (C=O) groups excluding carboxylic acids is 1. The molecule has 1 aliphatic rings. The third-order valence-electron chi connectivity index (χ3n) is 6.46. The number of furan rings is 1. The molecule has 182 valence electrons. The van der Waals surface area contributed by atoms with Crippen molar-refractivity contribution in [1.82, 2.24) is 10.2 Å². The molecule has 1 unspecified atom stereocenters. The van der Waals surface area contributed by atoms with E-state index in [1.165, 1.54) is 22.3 Å². The van der Waals surface area contributed by atoms with Crippen LogP contribution >= 0.6 is 0 Å². The first-order valence-corrected chi connectivity index (χ1v) is 12.3. The lowest BCUT2D eigenvalue weighted by atomic mass is 9.87. The third-order valence-corrected chi connectivity index (χ3v) is 6.46. The highest BCUT2D eigenvalue weighted by Crippen LogP contribution is 2.38. The second-order valence-electron chi connectivity index (χ2n) is 8.93. The number of nitrogens with one attached hydrogen (secondary N) is 1. The summed E-state index contributed by atoms with van der Waals surface area (Å²) in [6, 6.07) is 31.2. The zero-order chi connectivity index (χ0) is 24.7. The van der Waals surface area contributed by atoms with Crippen molar-refractivity contribution in [3.05, 3.63) is 137 Å². The molecule has 5 heteroatoms. The van der Waals surface area contributed by atoms with Crippen LogP contribution in [-0.4, -0.2) is 23.9 Å². The molecular formula is C31H30N2O3. The molecule has 0 saturated carbocycles. The highest BCUT2D eigenvalue weighted by atomic mass is 16.5. The van der Waals surface area contributed by atoms with E-state index in [1.807, 2.05) is 6.07 Å². The maximum atomic E-state index is 12.1. The van der Waals surface area contributed by atoms with Crippen molar-refractivity contribution in [2.24, 2.45) is 0 Å². The van der Waals surface area contributed by atoms with Gasteiger partial charge in [-0.25, -0.2) is 0 Å². The van der Waals surface area contributed by atoms with Crippen molar-refractivity contribution in [2.75, 3.05) is 13.1 Å². The Morgan fingerprint density at radius 2 is 1.81 bits per heavy atom. The SMILES string of the molecule is C=CCNC(=O)c1ccc(COc2ccc3c(c2)C(c2ccccc2)N(Cc2ccccc2)CC3)o1. The van der Waals surface area contributed by atoms with Gasteiger partial charge >= 0.3 is 0 Å². The van der Waals surface area contributed by atoms with Gasteiger partial charge in [0, 0.05) is 19.6 Å². The predicted molar refractivity (Wildman–Crippen MR) is 141 cm³/mol. The average molecular weight is 479 g/mol. The molecule has 2 heterocycles. The van der Waals surface area contributed by atoms with E-state index in [9.17, 15) is 4.79 Å². The Morgan fingerprint density at radius 3 is 2.58 bits per heavy atom. The monoisotopic (exact) mass is 478 g/mol. The summed E-state index contributed by atoms with van der Waals surface area (Å²) >= 11 is 0. The van der Waals surface area contributed by atoms with Crippen LogP contribution in [0.1, 0.15) is 44.6 Å². The molecule has 1 aromatic heterocycles. The van der Waals surface area contributed by atoms with Gasteiger partial charge in [0.1, 0.15) is 18.1 Å². The van der Waals surface area contributed by atoms with Gasteiger partial charge < -0.3 is 14.5 Å². The van der Waals surface area contributed by atoms with Crippen LogP contribution in [-0.2, 0) is 19.6 Å². The summed E-state index contributed by atoms with van der Waals surface area (Å²) in [5.41, 5.74) is 5.19. The minimum atomic E-state index is -0.265. The zero-order valence-corrected chi connectivity index (χ0v) is 20.2. The second kappa shape index (κ2) is 11.1. The molecule has 4 aromatic rings.